The molecule has 2 aromatic heterocycles. The average Bonchev–Trinajstić information content (AvgIpc) is 3.24. The van der Waals surface area contributed by atoms with Crippen molar-refractivity contribution in [2.45, 2.75) is 65.1 Å². The van der Waals surface area contributed by atoms with Gasteiger partial charge in [0, 0.05) is 64.2 Å². The normalized spacial score (nSPS) is 15.6. The lowest BCUT2D eigenvalue weighted by Gasteiger charge is -2.34. The maximum absolute atomic E-state index is 13.4. The lowest BCUT2D eigenvalue weighted by atomic mass is 10.0. The standard InChI is InChI=1S/C30H43N7O3Si/c1-21(2)23-10-12-24(13-11-23)29(38)31-25-9-8-14-36(19-25)28-18-26(32-27-17-22(3)35(4)33-27)30(39)37(34-28)20-40-15-16-41(5,6)7/h10-13,17-18,25H,1,8-9,14-16,19-20H2,2-7H3,(H,31,38)(H,32,33). The molecule has 3 aromatic rings. The maximum atomic E-state index is 13.4. The van der Waals surface area contributed by atoms with E-state index in [1.54, 1.807) is 10.7 Å². The summed E-state index contributed by atoms with van der Waals surface area (Å²) in [6.45, 7) is 16.7. The Hall–Kier alpha value is -3.70. The second-order valence-corrected chi connectivity index (χ2v) is 17.7. The second-order valence-electron chi connectivity index (χ2n) is 12.1. The molecule has 4 rings (SSSR count). The van der Waals surface area contributed by atoms with Crippen LogP contribution in [0.15, 0.2) is 47.8 Å². The fourth-order valence-corrected chi connectivity index (χ4v) is 5.38. The Balaban J connectivity index is 1.52. The fraction of sp³-hybridized carbons (Fsp3) is 0.467. The number of piperidine rings is 1. The molecule has 0 spiro atoms. The molecule has 220 valence electrons. The van der Waals surface area contributed by atoms with Gasteiger partial charge in [0.2, 0.25) is 0 Å². The Morgan fingerprint density at radius 3 is 2.49 bits per heavy atom. The summed E-state index contributed by atoms with van der Waals surface area (Å²) in [6, 6.07) is 12.1. The number of amides is 1. The number of aromatic nitrogens is 4. The maximum Gasteiger partial charge on any atom is 0.292 e. The number of ether oxygens (including phenoxy) is 1. The molecule has 1 saturated heterocycles. The molecule has 1 unspecified atom stereocenters. The molecular weight excluding hydrogens is 534 g/mol. The number of nitrogens with zero attached hydrogens (tertiary/aromatic N) is 5. The highest BCUT2D eigenvalue weighted by atomic mass is 28.3. The number of aryl methyl sites for hydroxylation is 2. The van der Waals surface area contributed by atoms with Gasteiger partial charge in [0.1, 0.15) is 12.4 Å². The molecule has 1 fully saturated rings. The molecule has 2 N–H and O–H groups in total. The van der Waals surface area contributed by atoms with Gasteiger partial charge >= 0.3 is 0 Å². The fourth-order valence-electron chi connectivity index (χ4n) is 4.63. The minimum atomic E-state index is -1.27. The van der Waals surface area contributed by atoms with E-state index in [0.29, 0.717) is 36.0 Å². The minimum Gasteiger partial charge on any atom is -0.359 e. The predicted octanol–water partition coefficient (Wildman–Crippen LogP) is 4.77. The van der Waals surface area contributed by atoms with Gasteiger partial charge < -0.3 is 20.3 Å². The lowest BCUT2D eigenvalue weighted by molar-refractivity contribution is 0.0753. The van der Waals surface area contributed by atoms with E-state index < -0.39 is 8.07 Å². The van der Waals surface area contributed by atoms with Gasteiger partial charge in [-0.1, -0.05) is 43.9 Å². The van der Waals surface area contributed by atoms with Gasteiger partial charge in [0.05, 0.1) is 0 Å². The number of rotatable bonds is 11. The SMILES string of the molecule is C=C(C)c1ccc(C(=O)NC2CCCN(c3cc(Nc4cc(C)n(C)n4)c(=O)n(COCC[Si](C)(C)C)n3)C2)cc1. The highest BCUT2D eigenvalue weighted by Crippen LogP contribution is 2.22. The third kappa shape index (κ3) is 8.17. The van der Waals surface area contributed by atoms with Crippen molar-refractivity contribution in [3.05, 3.63) is 70.2 Å². The molecule has 10 nitrogen and oxygen atoms in total. The van der Waals surface area contributed by atoms with Crippen LogP contribution in [0.5, 0.6) is 0 Å². The lowest BCUT2D eigenvalue weighted by Crippen LogP contribution is -2.48. The summed E-state index contributed by atoms with van der Waals surface area (Å²) in [5.41, 5.74) is 3.67. The van der Waals surface area contributed by atoms with Crippen molar-refractivity contribution in [1.29, 1.82) is 0 Å². The van der Waals surface area contributed by atoms with Crippen LogP contribution in [0.2, 0.25) is 25.7 Å². The zero-order chi connectivity index (χ0) is 29.7. The Bertz CT molecular complexity index is 1420. The van der Waals surface area contributed by atoms with Gasteiger partial charge in [0.15, 0.2) is 11.6 Å². The number of anilines is 3. The number of hydrogen-bond acceptors (Lipinski definition) is 7. The molecule has 0 bridgehead atoms. The van der Waals surface area contributed by atoms with Crippen molar-refractivity contribution < 1.29 is 9.53 Å². The van der Waals surface area contributed by atoms with E-state index in [1.165, 1.54) is 4.68 Å². The third-order valence-electron chi connectivity index (χ3n) is 7.27. The Morgan fingerprint density at radius 2 is 1.85 bits per heavy atom. The van der Waals surface area contributed by atoms with Crippen molar-refractivity contribution in [2.24, 2.45) is 7.05 Å². The van der Waals surface area contributed by atoms with Crippen molar-refractivity contribution >= 4 is 36.9 Å². The zero-order valence-electron chi connectivity index (χ0n) is 25.2. The molecule has 0 saturated carbocycles. The molecule has 1 atom stereocenters. The van der Waals surface area contributed by atoms with Crippen molar-refractivity contribution in [2.75, 3.05) is 29.9 Å². The summed E-state index contributed by atoms with van der Waals surface area (Å²) in [6.07, 6.45) is 1.75. The number of carbonyl (C=O) groups excluding carboxylic acids is 1. The van der Waals surface area contributed by atoms with E-state index in [9.17, 15) is 9.59 Å². The summed E-state index contributed by atoms with van der Waals surface area (Å²) >= 11 is 0. The number of carbonyl (C=O) groups is 1. The molecule has 3 heterocycles. The first-order valence-electron chi connectivity index (χ1n) is 14.2. The van der Waals surface area contributed by atoms with Crippen molar-refractivity contribution in [1.82, 2.24) is 24.9 Å². The quantitative estimate of drug-likeness (QED) is 0.250. The first-order valence-corrected chi connectivity index (χ1v) is 17.9. The minimum absolute atomic E-state index is 0.0536. The number of nitrogens with one attached hydrogen (secondary N) is 2. The summed E-state index contributed by atoms with van der Waals surface area (Å²) in [5.74, 6) is 1.14. The Kier molecular flexibility index (Phi) is 9.49. The highest BCUT2D eigenvalue weighted by molar-refractivity contribution is 6.76. The van der Waals surface area contributed by atoms with Crippen LogP contribution in [0.1, 0.15) is 41.4 Å². The van der Waals surface area contributed by atoms with Crippen LogP contribution < -0.4 is 21.1 Å². The molecule has 0 radical (unpaired) electrons. The second kappa shape index (κ2) is 12.9. The van der Waals surface area contributed by atoms with E-state index in [-0.39, 0.29) is 24.2 Å². The molecule has 11 heteroatoms. The summed E-state index contributed by atoms with van der Waals surface area (Å²) in [4.78, 5) is 28.5. The van der Waals surface area contributed by atoms with Crippen LogP contribution in [0.3, 0.4) is 0 Å². The van der Waals surface area contributed by atoms with Gasteiger partial charge in [-0.25, -0.2) is 0 Å². The number of benzene rings is 1. The van der Waals surface area contributed by atoms with Crippen LogP contribution >= 0.6 is 0 Å². The molecule has 1 amide bonds. The third-order valence-corrected chi connectivity index (χ3v) is 8.97. The Labute approximate surface area is 243 Å². The van der Waals surface area contributed by atoms with Crippen LogP contribution in [-0.2, 0) is 18.5 Å². The summed E-state index contributed by atoms with van der Waals surface area (Å²) in [5, 5.41) is 15.5. The van der Waals surface area contributed by atoms with Crippen LogP contribution in [0.4, 0.5) is 17.3 Å². The van der Waals surface area contributed by atoms with Crippen molar-refractivity contribution in [3.63, 3.8) is 0 Å². The largest absolute Gasteiger partial charge is 0.359 e. The highest BCUT2D eigenvalue weighted by Gasteiger charge is 2.25. The van der Waals surface area contributed by atoms with E-state index in [4.69, 9.17) is 4.74 Å². The monoisotopic (exact) mass is 577 g/mol. The summed E-state index contributed by atoms with van der Waals surface area (Å²) in [7, 11) is 0.593. The molecule has 1 aliphatic rings. The Morgan fingerprint density at radius 1 is 1.15 bits per heavy atom. The topological polar surface area (TPSA) is 106 Å². The van der Waals surface area contributed by atoms with E-state index in [1.807, 2.05) is 51.2 Å². The van der Waals surface area contributed by atoms with Crippen LogP contribution in [0, 0.1) is 6.92 Å². The predicted molar refractivity (Wildman–Crippen MR) is 168 cm³/mol. The van der Waals surface area contributed by atoms with Gasteiger partial charge in [-0.15, -0.1) is 5.10 Å². The van der Waals surface area contributed by atoms with Gasteiger partial charge in [-0.3, -0.25) is 14.3 Å². The van der Waals surface area contributed by atoms with Gasteiger partial charge in [-0.2, -0.15) is 9.78 Å². The molecule has 0 aliphatic carbocycles. The first kappa shape index (κ1) is 30.3. The molecular formula is C30H43N7O3Si. The van der Waals surface area contributed by atoms with E-state index in [2.05, 4.69) is 52.0 Å². The zero-order valence-corrected chi connectivity index (χ0v) is 26.2. The summed E-state index contributed by atoms with van der Waals surface area (Å²) < 4.78 is 9.03. The van der Waals surface area contributed by atoms with Crippen LogP contribution in [-0.4, -0.2) is 59.3 Å². The molecule has 41 heavy (non-hydrogen) atoms. The smallest absolute Gasteiger partial charge is 0.292 e. The van der Waals surface area contributed by atoms with Gasteiger partial charge in [-0.05, 0) is 50.4 Å². The van der Waals surface area contributed by atoms with E-state index >= 15 is 0 Å². The first-order chi connectivity index (χ1) is 19.4. The number of allylic oxidation sites excluding steroid dienone is 1. The average molecular weight is 578 g/mol. The van der Waals surface area contributed by atoms with E-state index in [0.717, 1.165) is 42.3 Å². The van der Waals surface area contributed by atoms with Gasteiger partial charge in [0.25, 0.3) is 11.5 Å². The molecule has 1 aromatic carbocycles. The van der Waals surface area contributed by atoms with Crippen LogP contribution in [0.25, 0.3) is 5.57 Å². The molecule has 1 aliphatic heterocycles. The number of hydrogen-bond donors (Lipinski definition) is 2. The van der Waals surface area contributed by atoms with Crippen molar-refractivity contribution in [3.8, 4) is 0 Å².